The minimum atomic E-state index is 0.323. The zero-order valence-electron chi connectivity index (χ0n) is 13.6. The Kier molecular flexibility index (Phi) is 6.03. The average Bonchev–Trinajstić information content (AvgIpc) is 2.50. The molecular formula is C17H29N3O. The molecule has 0 bridgehead atoms. The van der Waals surface area contributed by atoms with E-state index in [1.807, 2.05) is 0 Å². The van der Waals surface area contributed by atoms with Crippen molar-refractivity contribution in [3.8, 4) is 0 Å². The normalized spacial score (nSPS) is 18.7. The van der Waals surface area contributed by atoms with Crippen LogP contribution in [0, 0.1) is 0 Å². The molecule has 1 saturated heterocycles. The van der Waals surface area contributed by atoms with Crippen LogP contribution in [0.5, 0.6) is 0 Å². The van der Waals surface area contributed by atoms with E-state index in [2.05, 4.69) is 55.1 Å². The van der Waals surface area contributed by atoms with Crippen LogP contribution in [0.2, 0.25) is 0 Å². The second-order valence-electron chi connectivity index (χ2n) is 5.93. The molecule has 21 heavy (non-hydrogen) atoms. The van der Waals surface area contributed by atoms with Gasteiger partial charge in [0.05, 0.1) is 6.10 Å². The second-order valence-corrected chi connectivity index (χ2v) is 5.93. The minimum absolute atomic E-state index is 0.323. The average molecular weight is 291 g/mol. The van der Waals surface area contributed by atoms with E-state index in [-0.39, 0.29) is 0 Å². The Morgan fingerprint density at radius 2 is 1.86 bits per heavy atom. The van der Waals surface area contributed by atoms with Gasteiger partial charge in [-0.05, 0) is 37.5 Å². The fraction of sp³-hybridized carbons (Fsp3) is 0.647. The van der Waals surface area contributed by atoms with E-state index in [0.29, 0.717) is 18.7 Å². The van der Waals surface area contributed by atoms with Gasteiger partial charge >= 0.3 is 0 Å². The van der Waals surface area contributed by atoms with Gasteiger partial charge in [0.1, 0.15) is 0 Å². The Morgan fingerprint density at radius 3 is 2.33 bits per heavy atom. The van der Waals surface area contributed by atoms with Crippen LogP contribution in [-0.4, -0.2) is 51.3 Å². The topological polar surface area (TPSA) is 41.7 Å². The minimum Gasteiger partial charge on any atom is -0.378 e. The van der Waals surface area contributed by atoms with E-state index < -0.39 is 0 Å². The van der Waals surface area contributed by atoms with Gasteiger partial charge < -0.3 is 15.4 Å². The summed E-state index contributed by atoms with van der Waals surface area (Å²) in [5, 5.41) is 0. The molecular weight excluding hydrogens is 262 g/mol. The molecule has 0 saturated carbocycles. The number of ether oxygens (including phenoxy) is 1. The van der Waals surface area contributed by atoms with Crippen molar-refractivity contribution in [2.45, 2.75) is 31.9 Å². The fourth-order valence-electron chi connectivity index (χ4n) is 3.08. The standard InChI is InChI=1S/C17H29N3O/c1-4-21-16-9-11-20(12-10-16)17(13-18)14-5-7-15(8-6-14)19(2)3/h5-8,16-17H,4,9-13,18H2,1-3H3. The summed E-state index contributed by atoms with van der Waals surface area (Å²) in [6.45, 7) is 5.70. The third-order valence-corrected chi connectivity index (χ3v) is 4.34. The highest BCUT2D eigenvalue weighted by Gasteiger charge is 2.25. The molecule has 1 heterocycles. The fourth-order valence-corrected chi connectivity index (χ4v) is 3.08. The first-order chi connectivity index (χ1) is 10.2. The lowest BCUT2D eigenvalue weighted by Gasteiger charge is -2.37. The highest BCUT2D eigenvalue weighted by Crippen LogP contribution is 2.26. The van der Waals surface area contributed by atoms with Crippen molar-refractivity contribution in [3.05, 3.63) is 29.8 Å². The number of hydrogen-bond acceptors (Lipinski definition) is 4. The van der Waals surface area contributed by atoms with Crippen molar-refractivity contribution >= 4 is 5.69 Å². The van der Waals surface area contributed by atoms with Crippen LogP contribution in [0.3, 0.4) is 0 Å². The molecule has 1 aliphatic rings. The molecule has 0 spiro atoms. The number of benzene rings is 1. The third kappa shape index (κ3) is 4.19. The number of nitrogens with two attached hydrogens (primary N) is 1. The lowest BCUT2D eigenvalue weighted by Crippen LogP contribution is -2.41. The molecule has 0 radical (unpaired) electrons. The summed E-state index contributed by atoms with van der Waals surface area (Å²) >= 11 is 0. The van der Waals surface area contributed by atoms with Gasteiger partial charge in [0, 0.05) is 52.1 Å². The van der Waals surface area contributed by atoms with Gasteiger partial charge in [0.25, 0.3) is 0 Å². The lowest BCUT2D eigenvalue weighted by atomic mass is 10.00. The predicted octanol–water partition coefficient (Wildman–Crippen LogP) is 2.25. The van der Waals surface area contributed by atoms with Crippen LogP contribution in [0.1, 0.15) is 31.4 Å². The summed E-state index contributed by atoms with van der Waals surface area (Å²) in [5.41, 5.74) is 8.59. The predicted molar refractivity (Wildman–Crippen MR) is 88.8 cm³/mol. The van der Waals surface area contributed by atoms with E-state index in [0.717, 1.165) is 32.5 Å². The molecule has 4 nitrogen and oxygen atoms in total. The summed E-state index contributed by atoms with van der Waals surface area (Å²) in [6.07, 6.45) is 2.65. The number of likely N-dealkylation sites (tertiary alicyclic amines) is 1. The lowest BCUT2D eigenvalue weighted by molar-refractivity contribution is 0.00452. The molecule has 2 N–H and O–H groups in total. The number of nitrogens with zero attached hydrogens (tertiary/aromatic N) is 2. The maximum atomic E-state index is 6.04. The molecule has 1 unspecified atom stereocenters. The van der Waals surface area contributed by atoms with Gasteiger partial charge in [-0.3, -0.25) is 4.90 Å². The maximum absolute atomic E-state index is 6.04. The van der Waals surface area contributed by atoms with Gasteiger partial charge in [0.2, 0.25) is 0 Å². The summed E-state index contributed by atoms with van der Waals surface area (Å²) in [5.74, 6) is 0. The maximum Gasteiger partial charge on any atom is 0.0599 e. The molecule has 1 aromatic rings. The first-order valence-electron chi connectivity index (χ1n) is 7.98. The van der Waals surface area contributed by atoms with E-state index >= 15 is 0 Å². The van der Waals surface area contributed by atoms with E-state index in [1.165, 1.54) is 11.3 Å². The van der Waals surface area contributed by atoms with Crippen LogP contribution in [-0.2, 0) is 4.74 Å². The smallest absolute Gasteiger partial charge is 0.0599 e. The zero-order valence-corrected chi connectivity index (χ0v) is 13.6. The Hall–Kier alpha value is -1.10. The number of hydrogen-bond donors (Lipinski definition) is 1. The van der Waals surface area contributed by atoms with E-state index in [1.54, 1.807) is 0 Å². The number of rotatable bonds is 6. The molecule has 1 aliphatic heterocycles. The molecule has 1 aromatic carbocycles. The molecule has 1 fully saturated rings. The Balaban J connectivity index is 1.99. The van der Waals surface area contributed by atoms with Crippen molar-refractivity contribution in [1.29, 1.82) is 0 Å². The Labute approximate surface area is 128 Å². The van der Waals surface area contributed by atoms with Gasteiger partial charge in [-0.15, -0.1) is 0 Å². The van der Waals surface area contributed by atoms with Gasteiger partial charge in [-0.1, -0.05) is 12.1 Å². The molecule has 4 heteroatoms. The highest BCUT2D eigenvalue weighted by molar-refractivity contribution is 5.46. The van der Waals surface area contributed by atoms with Crippen LogP contribution in [0.25, 0.3) is 0 Å². The van der Waals surface area contributed by atoms with Crippen molar-refractivity contribution < 1.29 is 4.74 Å². The molecule has 0 aromatic heterocycles. The van der Waals surface area contributed by atoms with Crippen LogP contribution >= 0.6 is 0 Å². The van der Waals surface area contributed by atoms with Crippen molar-refractivity contribution in [2.24, 2.45) is 5.73 Å². The Bertz CT molecular complexity index is 411. The van der Waals surface area contributed by atoms with Crippen molar-refractivity contribution in [1.82, 2.24) is 4.90 Å². The van der Waals surface area contributed by atoms with Crippen LogP contribution in [0.15, 0.2) is 24.3 Å². The molecule has 0 aliphatic carbocycles. The molecule has 2 rings (SSSR count). The molecule has 118 valence electrons. The summed E-state index contributed by atoms with van der Waals surface area (Å²) in [6, 6.07) is 9.09. The zero-order chi connectivity index (χ0) is 15.2. The quantitative estimate of drug-likeness (QED) is 0.873. The monoisotopic (exact) mass is 291 g/mol. The van der Waals surface area contributed by atoms with E-state index in [9.17, 15) is 0 Å². The van der Waals surface area contributed by atoms with Crippen molar-refractivity contribution in [3.63, 3.8) is 0 Å². The summed E-state index contributed by atoms with van der Waals surface area (Å²) in [4.78, 5) is 4.62. The highest BCUT2D eigenvalue weighted by atomic mass is 16.5. The third-order valence-electron chi connectivity index (χ3n) is 4.34. The van der Waals surface area contributed by atoms with Gasteiger partial charge in [-0.2, -0.15) is 0 Å². The second kappa shape index (κ2) is 7.78. The summed E-state index contributed by atoms with van der Waals surface area (Å²) in [7, 11) is 4.13. The van der Waals surface area contributed by atoms with Gasteiger partial charge in [-0.25, -0.2) is 0 Å². The first kappa shape index (κ1) is 16.3. The van der Waals surface area contributed by atoms with Crippen LogP contribution < -0.4 is 10.6 Å². The molecule has 0 amide bonds. The number of anilines is 1. The number of piperidine rings is 1. The van der Waals surface area contributed by atoms with Gasteiger partial charge in [0.15, 0.2) is 0 Å². The SMILES string of the molecule is CCOC1CCN(C(CN)c2ccc(N(C)C)cc2)CC1. The van der Waals surface area contributed by atoms with Crippen molar-refractivity contribution in [2.75, 3.05) is 45.2 Å². The molecule has 1 atom stereocenters. The first-order valence-corrected chi connectivity index (χ1v) is 7.98. The Morgan fingerprint density at radius 1 is 1.24 bits per heavy atom. The van der Waals surface area contributed by atoms with E-state index in [4.69, 9.17) is 10.5 Å². The van der Waals surface area contributed by atoms with Crippen LogP contribution in [0.4, 0.5) is 5.69 Å². The largest absolute Gasteiger partial charge is 0.378 e. The summed E-state index contributed by atoms with van der Waals surface area (Å²) < 4.78 is 5.73.